The zero-order valence-corrected chi connectivity index (χ0v) is 11.8. The van der Waals surface area contributed by atoms with Gasteiger partial charge in [0.15, 0.2) is 0 Å². The molecule has 1 atom stereocenters. The van der Waals surface area contributed by atoms with Crippen molar-refractivity contribution in [1.82, 2.24) is 10.3 Å². The zero-order chi connectivity index (χ0) is 12.0. The number of halogens is 1. The van der Waals surface area contributed by atoms with Gasteiger partial charge in [0.05, 0.1) is 0 Å². The summed E-state index contributed by atoms with van der Waals surface area (Å²) in [5.41, 5.74) is 0.455. The highest BCUT2D eigenvalue weighted by Crippen LogP contribution is 2.08. The maximum absolute atomic E-state index is 11.7. The quantitative estimate of drug-likeness (QED) is 0.909. The van der Waals surface area contributed by atoms with Crippen LogP contribution in [0.3, 0.4) is 0 Å². The first-order valence-electron chi connectivity index (χ1n) is 5.13. The van der Waals surface area contributed by atoms with Crippen molar-refractivity contribution in [3.8, 4) is 0 Å². The third kappa shape index (κ3) is 4.53. The van der Waals surface area contributed by atoms with Crippen LogP contribution in [0.5, 0.6) is 0 Å². The Balaban J connectivity index is 2.48. The maximum atomic E-state index is 11.7. The molecule has 3 nitrogen and oxygen atoms in total. The summed E-state index contributed by atoms with van der Waals surface area (Å²) in [5.74, 6) is 1.88. The third-order valence-electron chi connectivity index (χ3n) is 1.91. The summed E-state index contributed by atoms with van der Waals surface area (Å²) in [4.78, 5) is 15.8. The molecule has 16 heavy (non-hydrogen) atoms. The van der Waals surface area contributed by atoms with Crippen molar-refractivity contribution in [2.75, 3.05) is 11.5 Å². The van der Waals surface area contributed by atoms with Crippen molar-refractivity contribution < 1.29 is 4.79 Å². The topological polar surface area (TPSA) is 42.0 Å². The molecule has 1 heterocycles. The number of amides is 1. The van der Waals surface area contributed by atoms with Gasteiger partial charge in [0.2, 0.25) is 0 Å². The number of hydrogen-bond acceptors (Lipinski definition) is 3. The average molecular weight is 303 g/mol. The second kappa shape index (κ2) is 6.91. The van der Waals surface area contributed by atoms with E-state index in [-0.39, 0.29) is 11.9 Å². The van der Waals surface area contributed by atoms with E-state index in [0.717, 1.165) is 16.0 Å². The van der Waals surface area contributed by atoms with Gasteiger partial charge in [-0.25, -0.2) is 4.98 Å². The third-order valence-corrected chi connectivity index (χ3v) is 3.52. The van der Waals surface area contributed by atoms with Crippen LogP contribution >= 0.6 is 27.7 Å². The molecule has 1 aromatic rings. The summed E-state index contributed by atoms with van der Waals surface area (Å²) in [7, 11) is 0. The van der Waals surface area contributed by atoms with Crippen molar-refractivity contribution >= 4 is 33.6 Å². The molecular weight excluding hydrogens is 288 g/mol. The highest BCUT2D eigenvalue weighted by Gasteiger charge is 2.10. The van der Waals surface area contributed by atoms with Crippen molar-refractivity contribution in [3.63, 3.8) is 0 Å². The first-order chi connectivity index (χ1) is 7.63. The fourth-order valence-corrected chi connectivity index (χ4v) is 2.05. The molecule has 0 aromatic carbocycles. The van der Waals surface area contributed by atoms with Crippen molar-refractivity contribution in [2.45, 2.75) is 19.9 Å². The second-order valence-electron chi connectivity index (χ2n) is 3.40. The fraction of sp³-hybridized carbons (Fsp3) is 0.455. The summed E-state index contributed by atoms with van der Waals surface area (Å²) in [6.07, 6.45) is 1.63. The standard InChI is InChI=1S/C11H15BrN2OS/c1-3-16-7-8(2)14-11(15)10-5-4-9(12)6-13-10/h4-6,8H,3,7H2,1-2H3,(H,14,15). The van der Waals surface area contributed by atoms with Crippen LogP contribution in [-0.2, 0) is 0 Å². The summed E-state index contributed by atoms with van der Waals surface area (Å²) in [6, 6.07) is 3.69. The molecule has 1 unspecified atom stereocenters. The van der Waals surface area contributed by atoms with Crippen LogP contribution in [0.2, 0.25) is 0 Å². The first-order valence-corrected chi connectivity index (χ1v) is 7.08. The monoisotopic (exact) mass is 302 g/mol. The number of nitrogens with zero attached hydrogens (tertiary/aromatic N) is 1. The number of nitrogens with one attached hydrogen (secondary N) is 1. The molecule has 0 saturated carbocycles. The van der Waals surface area contributed by atoms with Crippen molar-refractivity contribution in [1.29, 1.82) is 0 Å². The van der Waals surface area contributed by atoms with E-state index < -0.39 is 0 Å². The number of carbonyl (C=O) groups excluding carboxylic acids is 1. The lowest BCUT2D eigenvalue weighted by Gasteiger charge is -2.12. The van der Waals surface area contributed by atoms with Crippen LogP contribution in [0.25, 0.3) is 0 Å². The van der Waals surface area contributed by atoms with Crippen LogP contribution in [0.4, 0.5) is 0 Å². The van der Waals surface area contributed by atoms with Gasteiger partial charge in [0.1, 0.15) is 5.69 Å². The largest absolute Gasteiger partial charge is 0.347 e. The molecule has 0 bridgehead atoms. The molecule has 0 saturated heterocycles. The lowest BCUT2D eigenvalue weighted by molar-refractivity contribution is 0.0938. The Morgan fingerprint density at radius 1 is 1.62 bits per heavy atom. The molecule has 1 N–H and O–H groups in total. The first kappa shape index (κ1) is 13.5. The molecule has 0 aliphatic rings. The van der Waals surface area contributed by atoms with Gasteiger partial charge < -0.3 is 5.32 Å². The molecule has 5 heteroatoms. The molecular formula is C11H15BrN2OS. The Morgan fingerprint density at radius 2 is 2.38 bits per heavy atom. The van der Waals surface area contributed by atoms with Crippen molar-refractivity contribution in [2.24, 2.45) is 0 Å². The van der Waals surface area contributed by atoms with E-state index in [2.05, 4.69) is 33.2 Å². The second-order valence-corrected chi connectivity index (χ2v) is 5.63. The lowest BCUT2D eigenvalue weighted by atomic mass is 10.3. The number of rotatable bonds is 5. The predicted molar refractivity (Wildman–Crippen MR) is 71.9 cm³/mol. The zero-order valence-electron chi connectivity index (χ0n) is 9.37. The Labute approximate surface area is 109 Å². The smallest absolute Gasteiger partial charge is 0.270 e. The molecule has 1 amide bonds. The minimum absolute atomic E-state index is 0.114. The highest BCUT2D eigenvalue weighted by atomic mass is 79.9. The van der Waals surface area contributed by atoms with E-state index >= 15 is 0 Å². The van der Waals surface area contributed by atoms with Crippen LogP contribution in [-0.4, -0.2) is 28.4 Å². The minimum Gasteiger partial charge on any atom is -0.347 e. The van der Waals surface area contributed by atoms with Gasteiger partial charge in [-0.1, -0.05) is 6.92 Å². The summed E-state index contributed by atoms with van der Waals surface area (Å²) < 4.78 is 0.874. The van der Waals surface area contributed by atoms with Crippen LogP contribution in [0.1, 0.15) is 24.3 Å². The predicted octanol–water partition coefficient (Wildman–Crippen LogP) is 2.72. The van der Waals surface area contributed by atoms with Gasteiger partial charge in [-0.15, -0.1) is 0 Å². The Morgan fingerprint density at radius 3 is 2.94 bits per heavy atom. The molecule has 88 valence electrons. The highest BCUT2D eigenvalue weighted by molar-refractivity contribution is 9.10. The minimum atomic E-state index is -0.114. The summed E-state index contributed by atoms with van der Waals surface area (Å²) in [6.45, 7) is 4.11. The van der Waals surface area contributed by atoms with Crippen LogP contribution in [0, 0.1) is 0 Å². The number of pyridine rings is 1. The Kier molecular flexibility index (Phi) is 5.84. The number of hydrogen-bond donors (Lipinski definition) is 1. The van der Waals surface area contributed by atoms with E-state index in [0.29, 0.717) is 5.69 Å². The van der Waals surface area contributed by atoms with Gasteiger partial charge >= 0.3 is 0 Å². The SMILES string of the molecule is CCSCC(C)NC(=O)c1ccc(Br)cn1. The molecule has 0 spiro atoms. The van der Waals surface area contributed by atoms with Crippen LogP contribution < -0.4 is 5.32 Å². The van der Waals surface area contributed by atoms with Crippen molar-refractivity contribution in [3.05, 3.63) is 28.5 Å². The number of aromatic nitrogens is 1. The van der Waals surface area contributed by atoms with Gasteiger partial charge in [0, 0.05) is 22.5 Å². The van der Waals surface area contributed by atoms with E-state index in [1.54, 1.807) is 12.3 Å². The van der Waals surface area contributed by atoms with Crippen LogP contribution in [0.15, 0.2) is 22.8 Å². The molecule has 0 aliphatic heterocycles. The van der Waals surface area contributed by atoms with Gasteiger partial charge in [0.25, 0.3) is 5.91 Å². The normalized spacial score (nSPS) is 12.2. The fourth-order valence-electron chi connectivity index (χ4n) is 1.14. The van der Waals surface area contributed by atoms with E-state index in [1.807, 2.05) is 24.8 Å². The van der Waals surface area contributed by atoms with E-state index in [4.69, 9.17) is 0 Å². The average Bonchev–Trinajstić information content (AvgIpc) is 2.27. The Bertz CT molecular complexity index is 342. The molecule has 1 aromatic heterocycles. The lowest BCUT2D eigenvalue weighted by Crippen LogP contribution is -2.34. The molecule has 0 aliphatic carbocycles. The molecule has 0 radical (unpaired) electrons. The van der Waals surface area contributed by atoms with Gasteiger partial charge in [-0.2, -0.15) is 11.8 Å². The molecule has 1 rings (SSSR count). The number of thioether (sulfide) groups is 1. The van der Waals surface area contributed by atoms with Gasteiger partial charge in [-0.05, 0) is 40.7 Å². The Hall–Kier alpha value is -0.550. The summed E-state index contributed by atoms with van der Waals surface area (Å²) >= 11 is 5.10. The molecule has 0 fully saturated rings. The number of carbonyl (C=O) groups is 1. The summed E-state index contributed by atoms with van der Waals surface area (Å²) in [5, 5.41) is 2.91. The maximum Gasteiger partial charge on any atom is 0.270 e. The van der Waals surface area contributed by atoms with E-state index in [1.165, 1.54) is 0 Å². The van der Waals surface area contributed by atoms with Gasteiger partial charge in [-0.3, -0.25) is 4.79 Å². The van der Waals surface area contributed by atoms with E-state index in [9.17, 15) is 4.79 Å².